The van der Waals surface area contributed by atoms with E-state index in [1.165, 1.54) is 0 Å². The van der Waals surface area contributed by atoms with Crippen LogP contribution in [0.25, 0.3) is 0 Å². The summed E-state index contributed by atoms with van der Waals surface area (Å²) in [6.07, 6.45) is -0.648. The van der Waals surface area contributed by atoms with Gasteiger partial charge in [0, 0.05) is 0 Å². The maximum Gasteiger partial charge on any atom is 0.0996 e. The second kappa shape index (κ2) is 2.17. The van der Waals surface area contributed by atoms with E-state index < -0.39 is 6.17 Å². The van der Waals surface area contributed by atoms with Crippen LogP contribution in [0.2, 0.25) is 0 Å². The fourth-order valence-corrected chi connectivity index (χ4v) is 0. The Morgan fingerprint density at radius 2 is 1.33 bits per heavy atom. The molecule has 0 aliphatic heterocycles. The van der Waals surface area contributed by atoms with E-state index >= 15 is 0 Å². The van der Waals surface area contributed by atoms with Gasteiger partial charge in [0.2, 0.25) is 0 Å². The van der Waals surface area contributed by atoms with Crippen molar-refractivity contribution in [3.05, 3.63) is 0 Å². The molecule has 0 aliphatic carbocycles. The summed E-state index contributed by atoms with van der Waals surface area (Å²) in [6, 6.07) is 0. The van der Waals surface area contributed by atoms with E-state index in [0.717, 1.165) is 0 Å². The van der Waals surface area contributed by atoms with Gasteiger partial charge in [-0.3, -0.25) is 0 Å². The fourth-order valence-electron chi connectivity index (χ4n) is 0. The molecule has 1 atom stereocenters. The largest absolute Gasteiger partial charge is 0.248 e. The number of alkyl halides is 1. The van der Waals surface area contributed by atoms with Crippen LogP contribution in [-0.2, 0) is 0 Å². The Morgan fingerprint density at radius 3 is 1.33 bits per heavy atom. The lowest BCUT2D eigenvalue weighted by Gasteiger charge is -2.01. The molecule has 0 N–H and O–H groups in total. The van der Waals surface area contributed by atoms with Crippen LogP contribution in [0, 0.1) is 5.92 Å². The van der Waals surface area contributed by atoms with Gasteiger partial charge in [-0.05, 0) is 12.8 Å². The molecular formula is C5H11F. The maximum atomic E-state index is 11.8. The van der Waals surface area contributed by atoms with Crippen molar-refractivity contribution in [1.29, 1.82) is 0 Å². The molecule has 0 fully saturated rings. The first-order chi connectivity index (χ1) is 2.64. The van der Waals surface area contributed by atoms with Crippen molar-refractivity contribution in [3.63, 3.8) is 0 Å². The molecule has 1 heteroatoms. The number of hydrogen-bond donors (Lipinski definition) is 0. The minimum Gasteiger partial charge on any atom is -0.248 e. The lowest BCUT2D eigenvalue weighted by atomic mass is 10.1. The Labute approximate surface area is 38.4 Å². The van der Waals surface area contributed by atoms with Crippen LogP contribution < -0.4 is 0 Å². The van der Waals surface area contributed by atoms with Gasteiger partial charge in [-0.25, -0.2) is 4.39 Å². The van der Waals surface area contributed by atoms with Gasteiger partial charge in [-0.15, -0.1) is 0 Å². The van der Waals surface area contributed by atoms with Gasteiger partial charge in [0.05, 0.1) is 6.17 Å². The Bertz CT molecular complexity index is 24.9. The molecule has 0 unspecified atom stereocenters. The van der Waals surface area contributed by atoms with E-state index in [-0.39, 0.29) is 5.92 Å². The molecule has 38 valence electrons. The average Bonchev–Trinajstić information content (AvgIpc) is 1.36. The van der Waals surface area contributed by atoms with Crippen LogP contribution in [0.1, 0.15) is 20.8 Å². The predicted molar refractivity (Wildman–Crippen MR) is 25.4 cm³/mol. The van der Waals surface area contributed by atoms with Crippen LogP contribution >= 0.6 is 0 Å². The summed E-state index contributed by atoms with van der Waals surface area (Å²) >= 11 is 0. The highest BCUT2D eigenvalue weighted by Gasteiger charge is 2.00. The standard InChI is InChI=1S/C5H11F/c1-4(2)5(3)6/h4-5H,1-3H3/t5-/m0/s1. The minimum absolute atomic E-state index is 0.185. The van der Waals surface area contributed by atoms with Crippen molar-refractivity contribution >= 4 is 0 Å². The lowest BCUT2D eigenvalue weighted by Crippen LogP contribution is -2.01. The molecule has 0 aromatic carbocycles. The van der Waals surface area contributed by atoms with Crippen molar-refractivity contribution in [2.24, 2.45) is 5.92 Å². The van der Waals surface area contributed by atoms with Gasteiger partial charge in [-0.1, -0.05) is 13.8 Å². The van der Waals surface area contributed by atoms with E-state index in [2.05, 4.69) is 0 Å². The van der Waals surface area contributed by atoms with Crippen molar-refractivity contribution in [3.8, 4) is 0 Å². The van der Waals surface area contributed by atoms with Gasteiger partial charge in [0.1, 0.15) is 0 Å². The number of rotatable bonds is 1. The molecule has 0 bridgehead atoms. The summed E-state index contributed by atoms with van der Waals surface area (Å²) in [7, 11) is 0. The molecule has 0 saturated heterocycles. The van der Waals surface area contributed by atoms with Crippen molar-refractivity contribution in [2.75, 3.05) is 0 Å². The molecular weight excluding hydrogens is 79.1 g/mol. The molecule has 0 aliphatic rings. The molecule has 6 heavy (non-hydrogen) atoms. The zero-order chi connectivity index (χ0) is 5.15. The third-order valence-corrected chi connectivity index (χ3v) is 0.919. The van der Waals surface area contributed by atoms with Gasteiger partial charge < -0.3 is 0 Å². The van der Waals surface area contributed by atoms with E-state index in [4.69, 9.17) is 0 Å². The van der Waals surface area contributed by atoms with E-state index in [0.29, 0.717) is 0 Å². The first-order valence-corrected chi connectivity index (χ1v) is 2.28. The maximum absolute atomic E-state index is 11.8. The molecule has 0 aromatic rings. The average molecular weight is 90.1 g/mol. The number of halogens is 1. The molecule has 0 spiro atoms. The molecule has 0 saturated carbocycles. The molecule has 0 amide bonds. The van der Waals surface area contributed by atoms with E-state index in [1.54, 1.807) is 6.92 Å². The predicted octanol–water partition coefficient (Wildman–Crippen LogP) is 2.00. The van der Waals surface area contributed by atoms with Gasteiger partial charge in [0.25, 0.3) is 0 Å². The third-order valence-electron chi connectivity index (χ3n) is 0.919. The van der Waals surface area contributed by atoms with Gasteiger partial charge >= 0.3 is 0 Å². The fraction of sp³-hybridized carbons (Fsp3) is 1.00. The second-order valence-corrected chi connectivity index (χ2v) is 1.92. The zero-order valence-corrected chi connectivity index (χ0v) is 4.53. The molecule has 0 nitrogen and oxygen atoms in total. The minimum atomic E-state index is -0.648. The molecule has 0 rings (SSSR count). The first kappa shape index (κ1) is 5.93. The summed E-state index contributed by atoms with van der Waals surface area (Å²) in [5, 5.41) is 0. The lowest BCUT2D eigenvalue weighted by molar-refractivity contribution is 0.280. The highest BCUT2D eigenvalue weighted by atomic mass is 19.1. The third kappa shape index (κ3) is 2.18. The Hall–Kier alpha value is -0.0700. The van der Waals surface area contributed by atoms with E-state index in [1.807, 2.05) is 13.8 Å². The molecule has 0 radical (unpaired) electrons. The van der Waals surface area contributed by atoms with E-state index in [9.17, 15) is 4.39 Å². The summed E-state index contributed by atoms with van der Waals surface area (Å²) in [6.45, 7) is 5.31. The molecule has 0 heterocycles. The monoisotopic (exact) mass is 90.1 g/mol. The number of hydrogen-bond acceptors (Lipinski definition) is 0. The smallest absolute Gasteiger partial charge is 0.0996 e. The molecule has 0 aromatic heterocycles. The summed E-state index contributed by atoms with van der Waals surface area (Å²) in [4.78, 5) is 0. The normalized spacial score (nSPS) is 15.5. The van der Waals surface area contributed by atoms with Crippen molar-refractivity contribution in [2.45, 2.75) is 26.9 Å². The van der Waals surface area contributed by atoms with Crippen LogP contribution in [0.5, 0.6) is 0 Å². The van der Waals surface area contributed by atoms with Gasteiger partial charge in [0.15, 0.2) is 0 Å². The highest BCUT2D eigenvalue weighted by Crippen LogP contribution is 2.02. The zero-order valence-electron chi connectivity index (χ0n) is 4.53. The van der Waals surface area contributed by atoms with Crippen molar-refractivity contribution in [1.82, 2.24) is 0 Å². The second-order valence-electron chi connectivity index (χ2n) is 1.92. The summed E-state index contributed by atoms with van der Waals surface area (Å²) in [5.41, 5.74) is 0. The Morgan fingerprint density at radius 1 is 1.17 bits per heavy atom. The topological polar surface area (TPSA) is 0 Å². The summed E-state index contributed by atoms with van der Waals surface area (Å²) < 4.78 is 11.8. The van der Waals surface area contributed by atoms with Crippen LogP contribution in [-0.4, -0.2) is 6.17 Å². The first-order valence-electron chi connectivity index (χ1n) is 2.28. The highest BCUT2D eigenvalue weighted by molar-refractivity contribution is 4.49. The SMILES string of the molecule is CC(C)[C@H](C)F. The quantitative estimate of drug-likeness (QED) is 0.462. The Balaban J connectivity index is 2.99. The Kier molecular flexibility index (Phi) is 2.14. The summed E-state index contributed by atoms with van der Waals surface area (Å²) in [5.74, 6) is 0.185. The van der Waals surface area contributed by atoms with Gasteiger partial charge in [-0.2, -0.15) is 0 Å². The van der Waals surface area contributed by atoms with Crippen LogP contribution in [0.3, 0.4) is 0 Å². The van der Waals surface area contributed by atoms with Crippen LogP contribution in [0.4, 0.5) is 4.39 Å². The van der Waals surface area contributed by atoms with Crippen LogP contribution in [0.15, 0.2) is 0 Å². The van der Waals surface area contributed by atoms with Crippen molar-refractivity contribution < 1.29 is 4.39 Å².